The fourth-order valence-electron chi connectivity index (χ4n) is 2.26. The maximum Gasteiger partial charge on any atom is 0.131 e. The van der Waals surface area contributed by atoms with Gasteiger partial charge in [0.05, 0.1) is 0 Å². The highest BCUT2D eigenvalue weighted by molar-refractivity contribution is 5.37. The van der Waals surface area contributed by atoms with Crippen LogP contribution in [0.15, 0.2) is 48.5 Å². The van der Waals surface area contributed by atoms with E-state index in [1.165, 1.54) is 6.07 Å². The average Bonchev–Trinajstić information content (AvgIpc) is 2.51. The summed E-state index contributed by atoms with van der Waals surface area (Å²) in [6.07, 6.45) is 1.01. The predicted octanol–water partition coefficient (Wildman–Crippen LogP) is 4.47. The van der Waals surface area contributed by atoms with E-state index in [1.54, 1.807) is 6.07 Å². The Morgan fingerprint density at radius 1 is 1.10 bits per heavy atom. The molecule has 2 aromatic rings. The van der Waals surface area contributed by atoms with E-state index in [9.17, 15) is 4.39 Å². The number of benzene rings is 2. The van der Waals surface area contributed by atoms with Crippen LogP contribution in [0.1, 0.15) is 37.4 Å². The fraction of sp³-hybridized carbons (Fsp3) is 0.333. The van der Waals surface area contributed by atoms with Crippen LogP contribution in [0, 0.1) is 5.82 Å². The summed E-state index contributed by atoms with van der Waals surface area (Å²) < 4.78 is 20.0. The molecule has 0 saturated carbocycles. The molecule has 0 bridgehead atoms. The molecule has 0 radical (unpaired) electrons. The minimum atomic E-state index is -0.225. The maximum absolute atomic E-state index is 14.1. The van der Waals surface area contributed by atoms with E-state index in [2.05, 4.69) is 12.2 Å². The maximum atomic E-state index is 14.1. The van der Waals surface area contributed by atoms with Crippen molar-refractivity contribution in [2.24, 2.45) is 0 Å². The van der Waals surface area contributed by atoms with Gasteiger partial charge in [0.2, 0.25) is 0 Å². The second-order valence-electron chi connectivity index (χ2n) is 5.10. The summed E-state index contributed by atoms with van der Waals surface area (Å²) in [6, 6.07) is 14.8. The van der Waals surface area contributed by atoms with Gasteiger partial charge in [0.15, 0.2) is 0 Å². The van der Waals surface area contributed by atoms with Crippen LogP contribution in [-0.4, -0.2) is 6.54 Å². The van der Waals surface area contributed by atoms with Crippen molar-refractivity contribution in [3.63, 3.8) is 0 Å². The quantitative estimate of drug-likeness (QED) is 0.811. The minimum Gasteiger partial charge on any atom is -0.488 e. The molecular formula is C18H22FNO. The lowest BCUT2D eigenvalue weighted by Gasteiger charge is -2.19. The van der Waals surface area contributed by atoms with Gasteiger partial charge in [0, 0.05) is 11.6 Å². The van der Waals surface area contributed by atoms with Crippen molar-refractivity contribution in [3.05, 3.63) is 65.5 Å². The van der Waals surface area contributed by atoms with Gasteiger partial charge < -0.3 is 10.1 Å². The fourth-order valence-corrected chi connectivity index (χ4v) is 2.26. The van der Waals surface area contributed by atoms with Crippen molar-refractivity contribution < 1.29 is 9.13 Å². The molecule has 0 saturated heterocycles. The first kappa shape index (κ1) is 15.5. The molecule has 0 heterocycles. The number of halogens is 1. The Hall–Kier alpha value is -1.87. The molecule has 2 nitrogen and oxygen atoms in total. The molecule has 2 aromatic carbocycles. The summed E-state index contributed by atoms with van der Waals surface area (Å²) in [5, 5.41) is 3.31. The first-order valence-electron chi connectivity index (χ1n) is 7.41. The molecule has 1 N–H and O–H groups in total. The minimum absolute atomic E-state index is 0.0723. The zero-order chi connectivity index (χ0) is 15.1. The van der Waals surface area contributed by atoms with Gasteiger partial charge in [0.25, 0.3) is 0 Å². The Balaban J connectivity index is 2.13. The largest absolute Gasteiger partial charge is 0.488 e. The summed E-state index contributed by atoms with van der Waals surface area (Å²) >= 11 is 0. The molecule has 1 atom stereocenters. The Bertz CT molecular complexity index is 556. The third-order valence-electron chi connectivity index (χ3n) is 3.38. The number of hydrogen-bond donors (Lipinski definition) is 1. The summed E-state index contributed by atoms with van der Waals surface area (Å²) in [4.78, 5) is 0. The van der Waals surface area contributed by atoms with Gasteiger partial charge in [-0.2, -0.15) is 0 Å². The van der Waals surface area contributed by atoms with Crippen LogP contribution >= 0.6 is 0 Å². The summed E-state index contributed by atoms with van der Waals surface area (Å²) in [5.41, 5.74) is 1.67. The summed E-state index contributed by atoms with van der Waals surface area (Å²) in [6.45, 7) is 5.35. The van der Waals surface area contributed by atoms with Crippen molar-refractivity contribution in [1.82, 2.24) is 5.32 Å². The van der Waals surface area contributed by atoms with Crippen LogP contribution < -0.4 is 10.1 Å². The molecule has 21 heavy (non-hydrogen) atoms. The molecule has 0 spiro atoms. The Morgan fingerprint density at radius 2 is 1.86 bits per heavy atom. The second kappa shape index (κ2) is 7.79. The molecule has 1 unspecified atom stereocenters. The highest BCUT2D eigenvalue weighted by atomic mass is 19.1. The molecule has 0 amide bonds. The van der Waals surface area contributed by atoms with Gasteiger partial charge >= 0.3 is 0 Å². The van der Waals surface area contributed by atoms with E-state index in [0.717, 1.165) is 18.5 Å². The number of ether oxygens (including phenoxy) is 1. The molecule has 3 heteroatoms. The van der Waals surface area contributed by atoms with Crippen LogP contribution in [0.4, 0.5) is 4.39 Å². The lowest BCUT2D eigenvalue weighted by atomic mass is 10.1. The lowest BCUT2D eigenvalue weighted by Crippen LogP contribution is -2.21. The third-order valence-corrected chi connectivity index (χ3v) is 3.38. The van der Waals surface area contributed by atoms with Crippen LogP contribution in [-0.2, 0) is 6.61 Å². The van der Waals surface area contributed by atoms with Crippen LogP contribution in [0.2, 0.25) is 0 Å². The van der Waals surface area contributed by atoms with E-state index >= 15 is 0 Å². The van der Waals surface area contributed by atoms with Gasteiger partial charge in [-0.3, -0.25) is 0 Å². The van der Waals surface area contributed by atoms with Gasteiger partial charge in [-0.15, -0.1) is 0 Å². The molecule has 0 aliphatic rings. The van der Waals surface area contributed by atoms with Gasteiger partial charge in [-0.25, -0.2) is 4.39 Å². The Morgan fingerprint density at radius 3 is 2.57 bits per heavy atom. The molecule has 0 aromatic heterocycles. The van der Waals surface area contributed by atoms with Crippen molar-refractivity contribution in [2.45, 2.75) is 32.9 Å². The molecular weight excluding hydrogens is 265 g/mol. The molecule has 0 fully saturated rings. The van der Waals surface area contributed by atoms with Gasteiger partial charge in [-0.05, 0) is 37.6 Å². The van der Waals surface area contributed by atoms with E-state index in [4.69, 9.17) is 4.74 Å². The second-order valence-corrected chi connectivity index (χ2v) is 5.10. The molecule has 0 aliphatic heterocycles. The van der Waals surface area contributed by atoms with Crippen LogP contribution in [0.5, 0.6) is 5.75 Å². The smallest absolute Gasteiger partial charge is 0.131 e. The van der Waals surface area contributed by atoms with E-state index in [-0.39, 0.29) is 11.9 Å². The predicted molar refractivity (Wildman–Crippen MR) is 83.9 cm³/mol. The SMILES string of the molecule is CCCNC(C)c1c(F)cccc1OCc1ccccc1. The number of nitrogens with one attached hydrogen (secondary N) is 1. The topological polar surface area (TPSA) is 21.3 Å². The molecule has 112 valence electrons. The highest BCUT2D eigenvalue weighted by Gasteiger charge is 2.16. The number of hydrogen-bond acceptors (Lipinski definition) is 2. The van der Waals surface area contributed by atoms with Crippen molar-refractivity contribution >= 4 is 0 Å². The number of rotatable bonds is 7. The third kappa shape index (κ3) is 4.30. The molecule has 0 aliphatic carbocycles. The zero-order valence-electron chi connectivity index (χ0n) is 12.6. The zero-order valence-corrected chi connectivity index (χ0v) is 12.6. The first-order valence-corrected chi connectivity index (χ1v) is 7.41. The monoisotopic (exact) mass is 287 g/mol. The summed E-state index contributed by atoms with van der Waals surface area (Å²) in [7, 11) is 0. The van der Waals surface area contributed by atoms with Crippen molar-refractivity contribution in [3.8, 4) is 5.75 Å². The van der Waals surface area contributed by atoms with Gasteiger partial charge in [-0.1, -0.05) is 43.3 Å². The Labute approximate surface area is 126 Å². The summed E-state index contributed by atoms with van der Waals surface area (Å²) in [5.74, 6) is 0.381. The molecule has 2 rings (SSSR count). The average molecular weight is 287 g/mol. The van der Waals surface area contributed by atoms with Crippen LogP contribution in [0.25, 0.3) is 0 Å². The first-order chi connectivity index (χ1) is 10.2. The standard InChI is InChI=1S/C18H22FNO/c1-3-12-20-14(2)18-16(19)10-7-11-17(18)21-13-15-8-5-4-6-9-15/h4-11,14,20H,3,12-13H2,1-2H3. The van der Waals surface area contributed by atoms with Crippen LogP contribution in [0.3, 0.4) is 0 Å². The highest BCUT2D eigenvalue weighted by Crippen LogP contribution is 2.28. The van der Waals surface area contributed by atoms with Crippen molar-refractivity contribution in [2.75, 3.05) is 6.54 Å². The normalized spacial score (nSPS) is 12.1. The van der Waals surface area contributed by atoms with E-state index < -0.39 is 0 Å². The van der Waals surface area contributed by atoms with Crippen molar-refractivity contribution in [1.29, 1.82) is 0 Å². The van der Waals surface area contributed by atoms with E-state index in [1.807, 2.05) is 43.3 Å². The Kier molecular flexibility index (Phi) is 5.76. The van der Waals surface area contributed by atoms with Gasteiger partial charge in [0.1, 0.15) is 18.2 Å². The van der Waals surface area contributed by atoms with E-state index in [0.29, 0.717) is 17.9 Å². The lowest BCUT2D eigenvalue weighted by molar-refractivity contribution is 0.296.